The van der Waals surface area contributed by atoms with E-state index >= 15 is 0 Å². The van der Waals surface area contributed by atoms with Crippen LogP contribution in [0.15, 0.2) is 12.2 Å². The largest absolute Gasteiger partial charge is 0.397 e. The van der Waals surface area contributed by atoms with E-state index in [0.717, 1.165) is 38.5 Å². The molecule has 1 aliphatic rings. The molecule has 0 aromatic heterocycles. The second-order valence-corrected chi connectivity index (χ2v) is 24.8. The standard InChI is InChI=1S/C65H127NO11S/c1-3-5-7-9-11-13-15-17-19-21-23-25-27-28-29-30-31-33-35-37-39-41-43-45-47-49-51-53-55-61(69)66-58(57-75-65-63(71)64(77-78(72,73)74)62(70)60(56-67)76-65)59(68)54-52-50-48-46-44-42-40-38-36-34-32-26-24-22-20-18-16-14-12-10-8-6-4-2/h52,54,58-60,62-65,67-68,70-71H,3-51,53,55-57H2,1-2H3,(H,66,69)(H,72,73,74)/b54-52+. The molecule has 0 spiro atoms. The SMILES string of the molecule is CCCCCCCCCCCCCCCCCCCCCCC/C=C/C(O)C(COC1OC(CO)C(O)C(OS(=O)(=O)O)C1O)NC(=O)CCCCCCCCCCCCCCCCCCCCCCCCCCCCCC. The summed E-state index contributed by atoms with van der Waals surface area (Å²) in [6.45, 7) is 3.46. The summed E-state index contributed by atoms with van der Waals surface area (Å²) in [6.07, 6.45) is 59.9. The maximum absolute atomic E-state index is 13.2. The number of carbonyl (C=O) groups is 1. The molecule has 1 fully saturated rings. The first-order valence-corrected chi connectivity index (χ1v) is 34.9. The maximum Gasteiger partial charge on any atom is 0.397 e. The minimum atomic E-state index is -5.09. The van der Waals surface area contributed by atoms with Crippen LogP contribution in [0, 0.1) is 0 Å². The fraction of sp³-hybridized carbons (Fsp3) is 0.954. The first-order chi connectivity index (χ1) is 38.0. The van der Waals surface area contributed by atoms with Crippen molar-refractivity contribution >= 4 is 16.3 Å². The van der Waals surface area contributed by atoms with Crippen LogP contribution in [-0.4, -0.2) is 95.4 Å². The molecule has 464 valence electrons. The highest BCUT2D eigenvalue weighted by Gasteiger charge is 2.48. The second kappa shape index (κ2) is 55.1. The predicted molar refractivity (Wildman–Crippen MR) is 324 cm³/mol. The quantitative estimate of drug-likeness (QED) is 0.0193. The number of nitrogens with one attached hydrogen (secondary N) is 1. The van der Waals surface area contributed by atoms with Gasteiger partial charge in [0.1, 0.15) is 24.4 Å². The lowest BCUT2D eigenvalue weighted by Crippen LogP contribution is -2.61. The van der Waals surface area contributed by atoms with Gasteiger partial charge in [-0.05, 0) is 19.3 Å². The number of rotatable bonds is 60. The van der Waals surface area contributed by atoms with Crippen molar-refractivity contribution in [3.8, 4) is 0 Å². The summed E-state index contributed by atoms with van der Waals surface area (Å²) < 4.78 is 48.0. The van der Waals surface area contributed by atoms with Crippen molar-refractivity contribution in [3.05, 3.63) is 12.2 Å². The number of ether oxygens (including phenoxy) is 2. The summed E-state index contributed by atoms with van der Waals surface area (Å²) in [6, 6.07) is -0.941. The fourth-order valence-electron chi connectivity index (χ4n) is 11.2. The maximum atomic E-state index is 13.2. The zero-order valence-electron chi connectivity index (χ0n) is 50.8. The molecule has 12 nitrogen and oxygen atoms in total. The number of unbranched alkanes of at least 4 members (excludes halogenated alkanes) is 48. The summed E-state index contributed by atoms with van der Waals surface area (Å²) in [5.74, 6) is -0.253. The van der Waals surface area contributed by atoms with Gasteiger partial charge in [-0.15, -0.1) is 0 Å². The number of amides is 1. The first kappa shape index (κ1) is 74.9. The minimum Gasteiger partial charge on any atom is -0.394 e. The van der Waals surface area contributed by atoms with Gasteiger partial charge in [0, 0.05) is 6.42 Å². The van der Waals surface area contributed by atoms with Gasteiger partial charge in [-0.3, -0.25) is 9.35 Å². The van der Waals surface area contributed by atoms with Crippen LogP contribution in [0.5, 0.6) is 0 Å². The van der Waals surface area contributed by atoms with Gasteiger partial charge >= 0.3 is 10.4 Å². The molecule has 7 atom stereocenters. The van der Waals surface area contributed by atoms with Crippen LogP contribution in [0.3, 0.4) is 0 Å². The highest BCUT2D eigenvalue weighted by atomic mass is 32.3. The van der Waals surface area contributed by atoms with Crippen LogP contribution in [0.2, 0.25) is 0 Å². The third kappa shape index (κ3) is 46.3. The van der Waals surface area contributed by atoms with E-state index in [0.29, 0.717) is 6.42 Å². The van der Waals surface area contributed by atoms with Gasteiger partial charge in [-0.25, -0.2) is 4.18 Å². The summed E-state index contributed by atoms with van der Waals surface area (Å²) >= 11 is 0. The molecule has 7 unspecified atom stereocenters. The van der Waals surface area contributed by atoms with E-state index in [4.69, 9.17) is 9.47 Å². The molecule has 0 saturated carbocycles. The van der Waals surface area contributed by atoms with Gasteiger partial charge in [0.25, 0.3) is 0 Å². The van der Waals surface area contributed by atoms with E-state index in [-0.39, 0.29) is 18.9 Å². The predicted octanol–water partition coefficient (Wildman–Crippen LogP) is 17.0. The molecule has 0 radical (unpaired) electrons. The Bertz CT molecular complexity index is 1420. The monoisotopic (exact) mass is 1130 g/mol. The summed E-state index contributed by atoms with van der Waals surface area (Å²) in [7, 11) is -5.09. The van der Waals surface area contributed by atoms with Crippen LogP contribution in [0.25, 0.3) is 0 Å². The zero-order valence-corrected chi connectivity index (χ0v) is 51.6. The lowest BCUT2D eigenvalue weighted by Gasteiger charge is -2.41. The molecular formula is C65H127NO11S. The van der Waals surface area contributed by atoms with Crippen molar-refractivity contribution in [3.63, 3.8) is 0 Å². The molecule has 78 heavy (non-hydrogen) atoms. The number of aliphatic hydroxyl groups excluding tert-OH is 4. The summed E-state index contributed by atoms with van der Waals surface area (Å²) in [5, 5.41) is 45.1. The van der Waals surface area contributed by atoms with Gasteiger partial charge in [-0.2, -0.15) is 8.42 Å². The summed E-state index contributed by atoms with van der Waals surface area (Å²) in [4.78, 5) is 13.2. The second-order valence-electron chi connectivity index (χ2n) is 23.8. The Morgan fingerprint density at radius 1 is 0.500 bits per heavy atom. The number of aliphatic hydroxyl groups is 4. The Kier molecular flexibility index (Phi) is 52.8. The number of allylic oxidation sites excluding steroid dienone is 1. The number of hydrogen-bond donors (Lipinski definition) is 6. The van der Waals surface area contributed by atoms with Crippen LogP contribution in [-0.2, 0) is 28.9 Å². The lowest BCUT2D eigenvalue weighted by molar-refractivity contribution is -0.298. The topological polar surface area (TPSA) is 192 Å². The van der Waals surface area contributed by atoms with E-state index in [1.165, 1.54) is 276 Å². The summed E-state index contributed by atoms with van der Waals surface area (Å²) in [5.41, 5.74) is 0. The molecule has 0 aliphatic carbocycles. The molecule has 0 bridgehead atoms. The van der Waals surface area contributed by atoms with Gasteiger partial charge in [-0.1, -0.05) is 328 Å². The van der Waals surface area contributed by atoms with Crippen LogP contribution in [0.1, 0.15) is 341 Å². The lowest BCUT2D eigenvalue weighted by atomic mass is 9.99. The van der Waals surface area contributed by atoms with Crippen LogP contribution < -0.4 is 5.32 Å². The normalized spacial score (nSPS) is 18.8. The Morgan fingerprint density at radius 3 is 1.12 bits per heavy atom. The van der Waals surface area contributed by atoms with Crippen LogP contribution in [0.4, 0.5) is 0 Å². The highest BCUT2D eigenvalue weighted by molar-refractivity contribution is 7.80. The van der Waals surface area contributed by atoms with Crippen molar-refractivity contribution < 1.29 is 51.8 Å². The van der Waals surface area contributed by atoms with Crippen molar-refractivity contribution in [2.45, 2.75) is 384 Å². The average molecular weight is 1130 g/mol. The van der Waals surface area contributed by atoms with Crippen molar-refractivity contribution in [2.24, 2.45) is 0 Å². The molecule has 1 heterocycles. The minimum absolute atomic E-state index is 0.253. The van der Waals surface area contributed by atoms with Crippen molar-refractivity contribution in [1.82, 2.24) is 5.32 Å². The molecule has 0 aromatic carbocycles. The Balaban J connectivity index is 2.27. The fourth-order valence-corrected chi connectivity index (χ4v) is 11.7. The van der Waals surface area contributed by atoms with Crippen molar-refractivity contribution in [2.75, 3.05) is 13.2 Å². The van der Waals surface area contributed by atoms with Gasteiger partial charge < -0.3 is 35.2 Å². The average Bonchev–Trinajstić information content (AvgIpc) is 3.45. The molecule has 1 amide bonds. The molecule has 13 heteroatoms. The Hall–Kier alpha value is -1.16. The zero-order chi connectivity index (χ0) is 56.8. The van der Waals surface area contributed by atoms with E-state index in [1.807, 2.05) is 6.08 Å². The number of hydrogen-bond acceptors (Lipinski definition) is 10. The Morgan fingerprint density at radius 2 is 0.808 bits per heavy atom. The van der Waals surface area contributed by atoms with Gasteiger partial charge in [0.2, 0.25) is 5.91 Å². The van der Waals surface area contributed by atoms with E-state index < -0.39 is 59.9 Å². The van der Waals surface area contributed by atoms with Crippen molar-refractivity contribution in [1.29, 1.82) is 0 Å². The van der Waals surface area contributed by atoms with E-state index in [1.54, 1.807) is 6.08 Å². The van der Waals surface area contributed by atoms with Crippen LogP contribution >= 0.6 is 0 Å². The number of carbonyl (C=O) groups excluding carboxylic acids is 1. The molecule has 6 N–H and O–H groups in total. The third-order valence-corrected chi connectivity index (χ3v) is 16.8. The third-order valence-electron chi connectivity index (χ3n) is 16.3. The first-order valence-electron chi connectivity index (χ1n) is 33.6. The smallest absolute Gasteiger partial charge is 0.394 e. The van der Waals surface area contributed by atoms with E-state index in [9.17, 15) is 38.2 Å². The molecular weight excluding hydrogens is 1000 g/mol. The van der Waals surface area contributed by atoms with Gasteiger partial charge in [0.15, 0.2) is 6.29 Å². The molecule has 0 aromatic rings. The van der Waals surface area contributed by atoms with E-state index in [2.05, 4.69) is 23.3 Å². The molecule has 1 rings (SSSR count). The molecule has 1 saturated heterocycles. The Labute approximate surface area is 480 Å². The molecule has 1 aliphatic heterocycles. The highest BCUT2D eigenvalue weighted by Crippen LogP contribution is 2.26. The van der Waals surface area contributed by atoms with Gasteiger partial charge in [0.05, 0.1) is 25.4 Å².